The summed E-state index contributed by atoms with van der Waals surface area (Å²) >= 11 is 0. The van der Waals surface area contributed by atoms with Gasteiger partial charge < -0.3 is 5.32 Å². The lowest BCUT2D eigenvalue weighted by Gasteiger charge is -2.16. The molecular formula is C14H15ClFN. The van der Waals surface area contributed by atoms with E-state index in [1.54, 1.807) is 0 Å². The Hall–Kier alpha value is -1.38. The van der Waals surface area contributed by atoms with E-state index in [0.29, 0.717) is 0 Å². The topological polar surface area (TPSA) is 12.0 Å². The van der Waals surface area contributed by atoms with E-state index in [4.69, 9.17) is 0 Å². The van der Waals surface area contributed by atoms with Crippen molar-refractivity contribution in [3.8, 4) is 0 Å². The number of benzene rings is 2. The van der Waals surface area contributed by atoms with Gasteiger partial charge in [-0.3, -0.25) is 0 Å². The first kappa shape index (κ1) is 13.7. The first-order valence-corrected chi connectivity index (χ1v) is 5.29. The highest BCUT2D eigenvalue weighted by atomic mass is 35.5. The van der Waals surface area contributed by atoms with Crippen molar-refractivity contribution in [3.05, 3.63) is 71.5 Å². The molecule has 1 atom stereocenters. The van der Waals surface area contributed by atoms with Crippen LogP contribution in [0, 0.1) is 5.82 Å². The largest absolute Gasteiger partial charge is 0.309 e. The fourth-order valence-corrected chi connectivity index (χ4v) is 1.83. The van der Waals surface area contributed by atoms with Gasteiger partial charge in [0.05, 0.1) is 6.04 Å². The molecule has 0 heterocycles. The van der Waals surface area contributed by atoms with E-state index in [9.17, 15) is 4.39 Å². The van der Waals surface area contributed by atoms with Crippen LogP contribution < -0.4 is 5.32 Å². The number of hydrogen-bond donors (Lipinski definition) is 1. The molecule has 1 N–H and O–H groups in total. The van der Waals surface area contributed by atoms with Crippen molar-refractivity contribution in [2.75, 3.05) is 7.05 Å². The van der Waals surface area contributed by atoms with Gasteiger partial charge in [0.15, 0.2) is 0 Å². The van der Waals surface area contributed by atoms with Gasteiger partial charge in [-0.05, 0) is 30.3 Å². The summed E-state index contributed by atoms with van der Waals surface area (Å²) in [6.07, 6.45) is 0. The van der Waals surface area contributed by atoms with Gasteiger partial charge >= 0.3 is 0 Å². The number of rotatable bonds is 3. The van der Waals surface area contributed by atoms with Gasteiger partial charge in [-0.2, -0.15) is 0 Å². The fraction of sp³-hybridized carbons (Fsp3) is 0.143. The summed E-state index contributed by atoms with van der Waals surface area (Å²) in [4.78, 5) is 0. The van der Waals surface area contributed by atoms with Crippen LogP contribution >= 0.6 is 12.4 Å². The molecule has 0 saturated heterocycles. The predicted molar refractivity (Wildman–Crippen MR) is 71.0 cm³/mol. The molecule has 1 nitrogen and oxygen atoms in total. The zero-order valence-corrected chi connectivity index (χ0v) is 10.4. The van der Waals surface area contributed by atoms with Crippen LogP contribution in [0.3, 0.4) is 0 Å². The van der Waals surface area contributed by atoms with Crippen molar-refractivity contribution >= 4 is 12.4 Å². The second-order valence-electron chi connectivity index (χ2n) is 3.68. The summed E-state index contributed by atoms with van der Waals surface area (Å²) in [5, 5.41) is 3.23. The Morgan fingerprint density at radius 3 is 1.94 bits per heavy atom. The van der Waals surface area contributed by atoms with Gasteiger partial charge in [-0.1, -0.05) is 42.5 Å². The molecule has 0 saturated carbocycles. The predicted octanol–water partition coefficient (Wildman–Crippen LogP) is 3.56. The maximum atomic E-state index is 12.8. The Balaban J connectivity index is 0.00000144. The number of hydrogen-bond acceptors (Lipinski definition) is 1. The van der Waals surface area contributed by atoms with E-state index in [0.717, 1.165) is 5.56 Å². The third-order valence-electron chi connectivity index (χ3n) is 2.62. The lowest BCUT2D eigenvalue weighted by Crippen LogP contribution is -2.17. The van der Waals surface area contributed by atoms with Crippen molar-refractivity contribution in [3.63, 3.8) is 0 Å². The minimum Gasteiger partial charge on any atom is -0.309 e. The lowest BCUT2D eigenvalue weighted by molar-refractivity contribution is 0.623. The Kier molecular flexibility index (Phi) is 5.13. The molecule has 2 aromatic rings. The summed E-state index contributed by atoms with van der Waals surface area (Å²) in [6, 6.07) is 16.8. The summed E-state index contributed by atoms with van der Waals surface area (Å²) in [5.74, 6) is -0.202. The van der Waals surface area contributed by atoms with E-state index in [1.807, 2.05) is 37.4 Å². The maximum absolute atomic E-state index is 12.8. The monoisotopic (exact) mass is 251 g/mol. The van der Waals surface area contributed by atoms with E-state index in [-0.39, 0.29) is 24.3 Å². The van der Waals surface area contributed by atoms with Crippen LogP contribution in [0.2, 0.25) is 0 Å². The molecule has 2 aromatic carbocycles. The van der Waals surface area contributed by atoms with E-state index in [2.05, 4.69) is 17.4 Å². The molecule has 0 aliphatic rings. The molecule has 0 amide bonds. The van der Waals surface area contributed by atoms with Gasteiger partial charge in [-0.15, -0.1) is 12.4 Å². The van der Waals surface area contributed by atoms with E-state index in [1.165, 1.54) is 17.7 Å². The molecule has 1 unspecified atom stereocenters. The van der Waals surface area contributed by atoms with Crippen molar-refractivity contribution in [1.29, 1.82) is 0 Å². The summed E-state index contributed by atoms with van der Waals surface area (Å²) in [5.41, 5.74) is 2.24. The van der Waals surface area contributed by atoms with Crippen LogP contribution in [-0.2, 0) is 0 Å². The van der Waals surface area contributed by atoms with E-state index >= 15 is 0 Å². The summed E-state index contributed by atoms with van der Waals surface area (Å²) < 4.78 is 12.8. The quantitative estimate of drug-likeness (QED) is 0.880. The van der Waals surface area contributed by atoms with Crippen molar-refractivity contribution < 1.29 is 4.39 Å². The third kappa shape index (κ3) is 3.29. The highest BCUT2D eigenvalue weighted by Crippen LogP contribution is 2.21. The van der Waals surface area contributed by atoms with Gasteiger partial charge in [-0.25, -0.2) is 4.39 Å². The maximum Gasteiger partial charge on any atom is 0.123 e. The molecule has 0 radical (unpaired) electrons. The average Bonchev–Trinajstić information content (AvgIpc) is 2.34. The zero-order valence-electron chi connectivity index (χ0n) is 9.56. The van der Waals surface area contributed by atoms with Crippen LogP contribution in [0.5, 0.6) is 0 Å². The van der Waals surface area contributed by atoms with Crippen LogP contribution in [0.1, 0.15) is 17.2 Å². The van der Waals surface area contributed by atoms with Gasteiger partial charge in [0, 0.05) is 0 Å². The Morgan fingerprint density at radius 1 is 0.882 bits per heavy atom. The average molecular weight is 252 g/mol. The molecule has 3 heteroatoms. The van der Waals surface area contributed by atoms with Crippen LogP contribution in [0.25, 0.3) is 0 Å². The fourth-order valence-electron chi connectivity index (χ4n) is 1.83. The molecule has 17 heavy (non-hydrogen) atoms. The Labute approximate surface area is 107 Å². The van der Waals surface area contributed by atoms with Gasteiger partial charge in [0.1, 0.15) is 5.82 Å². The molecule has 0 aliphatic carbocycles. The minimum atomic E-state index is -0.202. The van der Waals surface area contributed by atoms with Crippen molar-refractivity contribution in [2.45, 2.75) is 6.04 Å². The molecule has 0 fully saturated rings. The third-order valence-corrected chi connectivity index (χ3v) is 2.62. The van der Waals surface area contributed by atoms with Gasteiger partial charge in [0.2, 0.25) is 0 Å². The second kappa shape index (κ2) is 6.38. The van der Waals surface area contributed by atoms with Crippen molar-refractivity contribution in [2.24, 2.45) is 0 Å². The molecule has 0 bridgehead atoms. The highest BCUT2D eigenvalue weighted by molar-refractivity contribution is 5.85. The summed E-state index contributed by atoms with van der Waals surface area (Å²) in [7, 11) is 1.90. The SMILES string of the molecule is CNC(c1ccccc1)c1ccc(F)cc1.Cl. The summed E-state index contributed by atoms with van der Waals surface area (Å²) in [6.45, 7) is 0. The standard InChI is InChI=1S/C14H14FN.ClH/c1-16-14(11-5-3-2-4-6-11)12-7-9-13(15)10-8-12;/h2-10,14,16H,1H3;1H. The highest BCUT2D eigenvalue weighted by Gasteiger charge is 2.10. The van der Waals surface area contributed by atoms with Crippen LogP contribution in [-0.4, -0.2) is 7.05 Å². The number of nitrogens with one attached hydrogen (secondary N) is 1. The first-order valence-electron chi connectivity index (χ1n) is 5.29. The zero-order chi connectivity index (χ0) is 11.4. The molecule has 0 aliphatic heterocycles. The molecule has 0 aromatic heterocycles. The minimum absolute atomic E-state index is 0. The van der Waals surface area contributed by atoms with Crippen molar-refractivity contribution in [1.82, 2.24) is 5.32 Å². The van der Waals surface area contributed by atoms with E-state index < -0.39 is 0 Å². The molecular weight excluding hydrogens is 237 g/mol. The molecule has 0 spiro atoms. The van der Waals surface area contributed by atoms with Gasteiger partial charge in [0.25, 0.3) is 0 Å². The number of halogens is 2. The smallest absolute Gasteiger partial charge is 0.123 e. The molecule has 2 rings (SSSR count). The lowest BCUT2D eigenvalue weighted by atomic mass is 9.99. The first-order chi connectivity index (χ1) is 7.81. The Morgan fingerprint density at radius 2 is 1.41 bits per heavy atom. The van der Waals surface area contributed by atoms with Crippen LogP contribution in [0.15, 0.2) is 54.6 Å². The Bertz CT molecular complexity index is 442. The van der Waals surface area contributed by atoms with Crippen LogP contribution in [0.4, 0.5) is 4.39 Å². The normalized spacial score (nSPS) is 11.6. The second-order valence-corrected chi connectivity index (χ2v) is 3.68. The molecule has 90 valence electrons.